The van der Waals surface area contributed by atoms with Crippen LogP contribution in [-0.2, 0) is 17.8 Å². The smallest absolute Gasteiger partial charge is 0.325 e. The molecule has 1 atom stereocenters. The molecule has 0 aliphatic carbocycles. The molecule has 3 heterocycles. The molecule has 8 heteroatoms. The fraction of sp³-hybridized carbons (Fsp3) is 0.393. The second kappa shape index (κ2) is 10.1. The van der Waals surface area contributed by atoms with Crippen LogP contribution in [-0.4, -0.2) is 64.2 Å². The molecule has 2 fully saturated rings. The van der Waals surface area contributed by atoms with E-state index in [0.29, 0.717) is 13.0 Å². The van der Waals surface area contributed by atoms with E-state index >= 15 is 0 Å². The Hall–Kier alpha value is -3.65. The number of carbonyl (C=O) groups is 2. The highest BCUT2D eigenvalue weighted by Crippen LogP contribution is 2.34. The van der Waals surface area contributed by atoms with Crippen molar-refractivity contribution in [2.45, 2.75) is 38.3 Å². The van der Waals surface area contributed by atoms with Crippen LogP contribution in [0.5, 0.6) is 5.75 Å². The number of urea groups is 1. The second-order valence-corrected chi connectivity index (χ2v) is 9.87. The summed E-state index contributed by atoms with van der Waals surface area (Å²) in [5.41, 5.74) is 3.55. The molecule has 2 N–H and O–H groups in total. The van der Waals surface area contributed by atoms with Gasteiger partial charge in [0.15, 0.2) is 0 Å². The van der Waals surface area contributed by atoms with Crippen LogP contribution in [0.4, 0.5) is 4.79 Å². The van der Waals surface area contributed by atoms with Gasteiger partial charge in [0.1, 0.15) is 11.3 Å². The average molecular weight is 488 g/mol. The first kappa shape index (κ1) is 24.1. The highest BCUT2D eigenvalue weighted by atomic mass is 16.5. The van der Waals surface area contributed by atoms with Crippen molar-refractivity contribution in [2.75, 3.05) is 26.7 Å². The molecule has 0 saturated carbocycles. The summed E-state index contributed by atoms with van der Waals surface area (Å²) in [6.45, 7) is 4.81. The summed E-state index contributed by atoms with van der Waals surface area (Å²) in [4.78, 5) is 29.9. The van der Waals surface area contributed by atoms with Gasteiger partial charge in [-0.2, -0.15) is 5.10 Å². The fourth-order valence-electron chi connectivity index (χ4n) is 5.42. The summed E-state index contributed by atoms with van der Waals surface area (Å²) >= 11 is 0. The average Bonchev–Trinajstić information content (AvgIpc) is 3.46. The molecule has 2 aliphatic heterocycles. The third-order valence-corrected chi connectivity index (χ3v) is 7.66. The largest absolute Gasteiger partial charge is 0.497 e. The number of amides is 3. The van der Waals surface area contributed by atoms with Crippen molar-refractivity contribution in [2.24, 2.45) is 5.92 Å². The maximum atomic E-state index is 13.4. The van der Waals surface area contributed by atoms with Gasteiger partial charge >= 0.3 is 6.03 Å². The van der Waals surface area contributed by atoms with Gasteiger partial charge in [0, 0.05) is 18.7 Å². The number of imide groups is 1. The van der Waals surface area contributed by atoms with Crippen LogP contribution in [0.1, 0.15) is 30.9 Å². The first-order valence-corrected chi connectivity index (χ1v) is 12.5. The van der Waals surface area contributed by atoms with Gasteiger partial charge in [-0.05, 0) is 68.5 Å². The molecule has 5 rings (SSSR count). The van der Waals surface area contributed by atoms with Gasteiger partial charge in [0.25, 0.3) is 5.91 Å². The van der Waals surface area contributed by atoms with Crippen LogP contribution in [0.25, 0.3) is 11.3 Å². The zero-order chi connectivity index (χ0) is 25.1. The van der Waals surface area contributed by atoms with E-state index in [0.717, 1.165) is 55.0 Å². The zero-order valence-electron chi connectivity index (χ0n) is 20.9. The number of piperidine rings is 1. The van der Waals surface area contributed by atoms with Gasteiger partial charge < -0.3 is 10.1 Å². The lowest BCUT2D eigenvalue weighted by Gasteiger charge is -2.38. The molecule has 1 unspecified atom stereocenters. The van der Waals surface area contributed by atoms with Gasteiger partial charge in [-0.3, -0.25) is 19.7 Å². The normalized spacial score (nSPS) is 21.1. The fourth-order valence-corrected chi connectivity index (χ4v) is 5.42. The number of nitrogens with zero attached hydrogens (tertiary/aromatic N) is 3. The molecule has 36 heavy (non-hydrogen) atoms. The number of benzene rings is 2. The Labute approximate surface area is 211 Å². The lowest BCUT2D eigenvalue weighted by molar-refractivity contribution is -0.133. The highest BCUT2D eigenvalue weighted by Gasteiger charge is 2.52. The lowest BCUT2D eigenvalue weighted by Crippen LogP contribution is -2.53. The summed E-state index contributed by atoms with van der Waals surface area (Å²) in [6.07, 6.45) is 4.23. The Balaban J connectivity index is 1.18. The van der Waals surface area contributed by atoms with E-state index in [1.165, 1.54) is 10.5 Å². The van der Waals surface area contributed by atoms with Crippen LogP contribution in [0, 0.1) is 5.92 Å². The minimum absolute atomic E-state index is 0.106. The van der Waals surface area contributed by atoms with Crippen molar-refractivity contribution in [3.8, 4) is 17.0 Å². The number of rotatable bonds is 8. The maximum absolute atomic E-state index is 13.4. The van der Waals surface area contributed by atoms with Crippen molar-refractivity contribution in [3.63, 3.8) is 0 Å². The number of aromatic amines is 1. The van der Waals surface area contributed by atoms with Gasteiger partial charge in [-0.25, -0.2) is 4.79 Å². The number of methoxy groups -OCH3 is 1. The first-order chi connectivity index (χ1) is 17.5. The quantitative estimate of drug-likeness (QED) is 0.471. The second-order valence-electron chi connectivity index (χ2n) is 9.87. The molecular formula is C28H33N5O3. The number of hydrogen-bond acceptors (Lipinski definition) is 5. The zero-order valence-corrected chi connectivity index (χ0v) is 20.9. The summed E-state index contributed by atoms with van der Waals surface area (Å²) in [5.74, 6) is 0.784. The van der Waals surface area contributed by atoms with Crippen molar-refractivity contribution in [1.29, 1.82) is 0 Å². The number of likely N-dealkylation sites (tertiary alicyclic amines) is 1. The van der Waals surface area contributed by atoms with E-state index in [1.807, 2.05) is 55.6 Å². The Morgan fingerprint density at radius 3 is 2.47 bits per heavy atom. The van der Waals surface area contributed by atoms with E-state index in [9.17, 15) is 9.59 Å². The van der Waals surface area contributed by atoms with Crippen LogP contribution in [0.2, 0.25) is 0 Å². The van der Waals surface area contributed by atoms with Crippen molar-refractivity contribution in [1.82, 2.24) is 25.3 Å². The SMILES string of the molecule is COc1ccc(CCN2C(=O)NC(C)(C3CCN(Cc4cn[nH]c4-c4ccccc4)CC3)C2=O)cc1. The first-order valence-electron chi connectivity index (χ1n) is 12.5. The Bertz CT molecular complexity index is 1200. The van der Waals surface area contributed by atoms with Crippen LogP contribution < -0.4 is 10.1 Å². The Morgan fingerprint density at radius 1 is 1.06 bits per heavy atom. The number of nitrogens with one attached hydrogen (secondary N) is 2. The van der Waals surface area contributed by atoms with Crippen molar-refractivity contribution < 1.29 is 14.3 Å². The third-order valence-electron chi connectivity index (χ3n) is 7.66. The molecular weight excluding hydrogens is 454 g/mol. The number of aromatic nitrogens is 2. The molecule has 3 amide bonds. The summed E-state index contributed by atoms with van der Waals surface area (Å²) < 4.78 is 5.20. The Kier molecular flexibility index (Phi) is 6.78. The van der Waals surface area contributed by atoms with E-state index in [2.05, 4.69) is 32.5 Å². The van der Waals surface area contributed by atoms with E-state index in [-0.39, 0.29) is 17.9 Å². The summed E-state index contributed by atoms with van der Waals surface area (Å²) in [7, 11) is 1.63. The van der Waals surface area contributed by atoms with Crippen LogP contribution in [0.3, 0.4) is 0 Å². The highest BCUT2D eigenvalue weighted by molar-refractivity contribution is 6.07. The molecule has 0 radical (unpaired) electrons. The van der Waals surface area contributed by atoms with Gasteiger partial charge in [-0.15, -0.1) is 0 Å². The van der Waals surface area contributed by atoms with Gasteiger partial charge in [-0.1, -0.05) is 42.5 Å². The number of ether oxygens (including phenoxy) is 1. The van der Waals surface area contributed by atoms with Crippen molar-refractivity contribution >= 4 is 11.9 Å². The molecule has 0 bridgehead atoms. The third kappa shape index (κ3) is 4.73. The summed E-state index contributed by atoms with van der Waals surface area (Å²) in [5, 5.41) is 10.4. The predicted octanol–water partition coefficient (Wildman–Crippen LogP) is 3.85. The Morgan fingerprint density at radius 2 is 1.78 bits per heavy atom. The van der Waals surface area contributed by atoms with Crippen LogP contribution >= 0.6 is 0 Å². The topological polar surface area (TPSA) is 90.6 Å². The van der Waals surface area contributed by atoms with E-state index < -0.39 is 5.54 Å². The minimum Gasteiger partial charge on any atom is -0.497 e. The molecule has 8 nitrogen and oxygen atoms in total. The monoisotopic (exact) mass is 487 g/mol. The maximum Gasteiger partial charge on any atom is 0.325 e. The molecule has 2 saturated heterocycles. The molecule has 3 aromatic rings. The van der Waals surface area contributed by atoms with Gasteiger partial charge in [0.2, 0.25) is 0 Å². The lowest BCUT2D eigenvalue weighted by atomic mass is 9.79. The minimum atomic E-state index is -0.853. The molecule has 1 aromatic heterocycles. The molecule has 2 aliphatic rings. The van der Waals surface area contributed by atoms with E-state index in [1.54, 1.807) is 7.11 Å². The molecule has 0 spiro atoms. The molecule has 188 valence electrons. The van der Waals surface area contributed by atoms with Gasteiger partial charge in [0.05, 0.1) is 19.0 Å². The standard InChI is InChI=1S/C28H33N5O3/c1-28(26(34)33(27(35)30-28)17-12-20-8-10-24(36-2)11-9-20)23-13-15-32(16-14-23)19-22-18-29-31-25(22)21-6-4-3-5-7-21/h3-11,18,23H,12-17,19H2,1-2H3,(H,29,31)(H,30,35). The number of hydrogen-bond donors (Lipinski definition) is 2. The molecule has 2 aromatic carbocycles. The van der Waals surface area contributed by atoms with Crippen molar-refractivity contribution in [3.05, 3.63) is 71.9 Å². The number of carbonyl (C=O) groups excluding carboxylic acids is 2. The van der Waals surface area contributed by atoms with E-state index in [4.69, 9.17) is 4.74 Å². The van der Waals surface area contributed by atoms with Crippen LogP contribution in [0.15, 0.2) is 60.8 Å². The number of H-pyrrole nitrogens is 1. The predicted molar refractivity (Wildman–Crippen MR) is 137 cm³/mol. The summed E-state index contributed by atoms with van der Waals surface area (Å²) in [6, 6.07) is 17.7.